The highest BCUT2D eigenvalue weighted by atomic mass is 19.3. The van der Waals surface area contributed by atoms with Crippen LogP contribution >= 0.6 is 0 Å². The molecule has 0 saturated heterocycles. The van der Waals surface area contributed by atoms with Crippen molar-refractivity contribution in [3.63, 3.8) is 0 Å². The van der Waals surface area contributed by atoms with Crippen molar-refractivity contribution in [2.45, 2.75) is 20.3 Å². The minimum absolute atomic E-state index is 0.415. The maximum atomic E-state index is 11.8. The van der Waals surface area contributed by atoms with Gasteiger partial charge >= 0.3 is 0 Å². The summed E-state index contributed by atoms with van der Waals surface area (Å²) in [6.45, 7) is 3.02. The molecular formula is C8H12F2N2O. The van der Waals surface area contributed by atoms with Gasteiger partial charge in [-0.1, -0.05) is 0 Å². The van der Waals surface area contributed by atoms with Crippen molar-refractivity contribution in [1.29, 1.82) is 0 Å². The Hall–Kier alpha value is -1.13. The number of hydrogen-bond acceptors (Lipinski definition) is 2. The normalized spacial score (nSPS) is 10.9. The maximum Gasteiger partial charge on any atom is 0.272 e. The Morgan fingerprint density at radius 3 is 2.46 bits per heavy atom. The summed E-state index contributed by atoms with van der Waals surface area (Å²) in [6, 6.07) is 0. The Bertz CT molecular complexity index is 297. The predicted octanol–water partition coefficient (Wildman–Crippen LogP) is 1.68. The smallest absolute Gasteiger partial charge is 0.272 e. The Morgan fingerprint density at radius 1 is 1.46 bits per heavy atom. The first-order valence-electron chi connectivity index (χ1n) is 3.93. The molecule has 0 radical (unpaired) electrons. The number of aryl methyl sites for hydroxylation is 2. The predicted molar refractivity (Wildman–Crippen MR) is 44.2 cm³/mol. The average molecular weight is 190 g/mol. The van der Waals surface area contributed by atoms with Crippen molar-refractivity contribution in [3.05, 3.63) is 11.3 Å². The lowest BCUT2D eigenvalue weighted by Crippen LogP contribution is -2.10. The number of aromatic nitrogens is 2. The largest absolute Gasteiger partial charge is 0.472 e. The summed E-state index contributed by atoms with van der Waals surface area (Å²) in [7, 11) is 1.67. The zero-order chi connectivity index (χ0) is 10.0. The summed E-state index contributed by atoms with van der Waals surface area (Å²) in [5.41, 5.74) is 1.61. The molecule has 0 N–H and O–H groups in total. The van der Waals surface area contributed by atoms with Crippen LogP contribution in [-0.4, -0.2) is 22.8 Å². The van der Waals surface area contributed by atoms with E-state index in [1.807, 2.05) is 6.92 Å². The number of ether oxygens (including phenoxy) is 1. The summed E-state index contributed by atoms with van der Waals surface area (Å²) >= 11 is 0. The Balaban J connectivity index is 2.76. The Labute approximate surface area is 75.3 Å². The molecule has 5 heteroatoms. The van der Waals surface area contributed by atoms with E-state index in [1.165, 1.54) is 4.68 Å². The maximum absolute atomic E-state index is 11.8. The molecule has 0 amide bonds. The third kappa shape index (κ3) is 2.17. The zero-order valence-corrected chi connectivity index (χ0v) is 7.84. The summed E-state index contributed by atoms with van der Waals surface area (Å²) in [5.74, 6) is 0.415. The minimum atomic E-state index is -2.45. The van der Waals surface area contributed by atoms with Crippen LogP contribution in [0.5, 0.6) is 5.88 Å². The molecule has 1 heterocycles. The first kappa shape index (κ1) is 9.95. The van der Waals surface area contributed by atoms with Crippen LogP contribution < -0.4 is 4.74 Å². The third-order valence-electron chi connectivity index (χ3n) is 1.80. The highest BCUT2D eigenvalue weighted by Gasteiger charge is 2.12. The van der Waals surface area contributed by atoms with Crippen molar-refractivity contribution in [2.24, 2.45) is 7.05 Å². The molecule has 0 aliphatic heterocycles. The fraction of sp³-hybridized carbons (Fsp3) is 0.625. The highest BCUT2D eigenvalue weighted by Crippen LogP contribution is 2.19. The number of rotatable bonds is 3. The first-order chi connectivity index (χ1) is 6.02. The van der Waals surface area contributed by atoms with Crippen LogP contribution in [0.3, 0.4) is 0 Å². The molecule has 74 valence electrons. The van der Waals surface area contributed by atoms with Crippen LogP contribution in [-0.2, 0) is 7.05 Å². The van der Waals surface area contributed by atoms with Gasteiger partial charge in [-0.05, 0) is 13.8 Å². The number of alkyl halides is 2. The lowest BCUT2D eigenvalue weighted by atomic mass is 10.3. The van der Waals surface area contributed by atoms with Crippen LogP contribution in [0.4, 0.5) is 8.78 Å². The van der Waals surface area contributed by atoms with Crippen LogP contribution in [0.1, 0.15) is 11.3 Å². The standard InChI is InChI=1S/C8H12F2N2O/c1-5-6(2)11-12(3)8(5)13-4-7(9)10/h7H,4H2,1-3H3. The molecule has 0 atom stereocenters. The molecule has 0 bridgehead atoms. The second kappa shape index (κ2) is 3.72. The van der Waals surface area contributed by atoms with Crippen LogP contribution in [0.25, 0.3) is 0 Å². The first-order valence-corrected chi connectivity index (χ1v) is 3.93. The van der Waals surface area contributed by atoms with Gasteiger partial charge in [-0.2, -0.15) is 5.10 Å². The van der Waals surface area contributed by atoms with E-state index in [1.54, 1.807) is 14.0 Å². The van der Waals surface area contributed by atoms with Crippen LogP contribution in [0, 0.1) is 13.8 Å². The summed E-state index contributed by atoms with van der Waals surface area (Å²) in [5, 5.41) is 4.04. The second-order valence-corrected chi connectivity index (χ2v) is 2.84. The molecule has 3 nitrogen and oxygen atoms in total. The lowest BCUT2D eigenvalue weighted by Gasteiger charge is -2.05. The monoisotopic (exact) mass is 190 g/mol. The topological polar surface area (TPSA) is 27.1 Å². The van der Waals surface area contributed by atoms with Crippen molar-refractivity contribution in [3.8, 4) is 5.88 Å². The molecular weight excluding hydrogens is 178 g/mol. The van der Waals surface area contributed by atoms with Gasteiger partial charge in [0, 0.05) is 12.6 Å². The summed E-state index contributed by atoms with van der Waals surface area (Å²) in [4.78, 5) is 0. The Morgan fingerprint density at radius 2 is 2.08 bits per heavy atom. The van der Waals surface area contributed by atoms with Gasteiger partial charge < -0.3 is 4.74 Å². The van der Waals surface area contributed by atoms with Gasteiger partial charge in [0.15, 0.2) is 6.61 Å². The van der Waals surface area contributed by atoms with Gasteiger partial charge in [-0.25, -0.2) is 13.5 Å². The molecule has 0 unspecified atom stereocenters. The average Bonchev–Trinajstić information content (AvgIpc) is 2.24. The van der Waals surface area contributed by atoms with Gasteiger partial charge in [-0.15, -0.1) is 0 Å². The number of halogens is 2. The Kier molecular flexibility index (Phi) is 2.85. The van der Waals surface area contributed by atoms with Gasteiger partial charge in [-0.3, -0.25) is 0 Å². The van der Waals surface area contributed by atoms with E-state index in [0.29, 0.717) is 5.88 Å². The molecule has 1 rings (SSSR count). The van der Waals surface area contributed by atoms with E-state index in [4.69, 9.17) is 4.74 Å². The van der Waals surface area contributed by atoms with Crippen molar-refractivity contribution < 1.29 is 13.5 Å². The van der Waals surface area contributed by atoms with E-state index < -0.39 is 13.0 Å². The van der Waals surface area contributed by atoms with Gasteiger partial charge in [0.2, 0.25) is 5.88 Å². The molecule has 0 fully saturated rings. The van der Waals surface area contributed by atoms with E-state index in [0.717, 1.165) is 11.3 Å². The third-order valence-corrected chi connectivity index (χ3v) is 1.80. The van der Waals surface area contributed by atoms with E-state index in [2.05, 4.69) is 5.10 Å². The SMILES string of the molecule is Cc1nn(C)c(OCC(F)F)c1C. The van der Waals surface area contributed by atoms with Crippen LogP contribution in [0.15, 0.2) is 0 Å². The molecule has 0 saturated carbocycles. The molecule has 0 aromatic carbocycles. The van der Waals surface area contributed by atoms with Crippen molar-refractivity contribution in [1.82, 2.24) is 9.78 Å². The molecule has 0 spiro atoms. The fourth-order valence-corrected chi connectivity index (χ4v) is 1.09. The van der Waals surface area contributed by atoms with Crippen molar-refractivity contribution in [2.75, 3.05) is 6.61 Å². The van der Waals surface area contributed by atoms with Crippen LogP contribution in [0.2, 0.25) is 0 Å². The quantitative estimate of drug-likeness (QED) is 0.725. The molecule has 1 aromatic rings. The van der Waals surface area contributed by atoms with E-state index in [-0.39, 0.29) is 0 Å². The number of nitrogens with zero attached hydrogens (tertiary/aromatic N) is 2. The zero-order valence-electron chi connectivity index (χ0n) is 7.84. The molecule has 0 aliphatic rings. The molecule has 0 aliphatic carbocycles. The highest BCUT2D eigenvalue weighted by molar-refractivity contribution is 5.28. The van der Waals surface area contributed by atoms with E-state index in [9.17, 15) is 8.78 Å². The van der Waals surface area contributed by atoms with E-state index >= 15 is 0 Å². The number of hydrogen-bond donors (Lipinski definition) is 0. The van der Waals surface area contributed by atoms with Gasteiger partial charge in [0.25, 0.3) is 6.43 Å². The van der Waals surface area contributed by atoms with Crippen molar-refractivity contribution >= 4 is 0 Å². The van der Waals surface area contributed by atoms with Gasteiger partial charge in [0.05, 0.1) is 5.69 Å². The lowest BCUT2D eigenvalue weighted by molar-refractivity contribution is 0.0771. The summed E-state index contributed by atoms with van der Waals surface area (Å²) in [6.07, 6.45) is -2.45. The summed E-state index contributed by atoms with van der Waals surface area (Å²) < 4.78 is 30.0. The van der Waals surface area contributed by atoms with Gasteiger partial charge in [0.1, 0.15) is 0 Å². The fourth-order valence-electron chi connectivity index (χ4n) is 1.09. The molecule has 13 heavy (non-hydrogen) atoms. The minimum Gasteiger partial charge on any atom is -0.472 e. The second-order valence-electron chi connectivity index (χ2n) is 2.84. The molecule has 1 aromatic heterocycles.